The van der Waals surface area contributed by atoms with Crippen molar-refractivity contribution >= 4 is 33.4 Å². The largest absolute Gasteiger partial charge is 0.337 e. The monoisotopic (exact) mass is 507 g/mol. The van der Waals surface area contributed by atoms with Crippen LogP contribution in [0, 0.1) is 17.8 Å². The smallest absolute Gasteiger partial charge is 0.241 e. The maximum atomic E-state index is 14.8. The van der Waals surface area contributed by atoms with Crippen LogP contribution in [0.2, 0.25) is 0 Å². The van der Waals surface area contributed by atoms with E-state index in [1.807, 2.05) is 11.9 Å². The predicted molar refractivity (Wildman–Crippen MR) is 122 cm³/mol. The number of amides is 2. The van der Waals surface area contributed by atoms with Gasteiger partial charge in [0.05, 0.1) is 17.0 Å². The molecule has 188 valence electrons. The maximum Gasteiger partial charge on any atom is 0.241 e. The summed E-state index contributed by atoms with van der Waals surface area (Å²) >= 11 is 6.24. The standard InChI is InChI=1S/C21H35ClFN5O4S/c1-12(29)28-15-4-3-13(19(28)6-5-15)10-33(31,32)26-25-21(30)16-7-14(8-17(22)20(16)23)18-9-27(2)11-24-18/h13-20,24,26H,3-11H2,1-2H3,(H,25,30)/t13-,14?,15-,16?,17?,18?,19-,20?/m0/s1. The van der Waals surface area contributed by atoms with Crippen molar-refractivity contribution in [1.29, 1.82) is 0 Å². The minimum Gasteiger partial charge on any atom is -0.337 e. The number of fused-ring (bicyclic) bond motifs is 2. The van der Waals surface area contributed by atoms with Crippen LogP contribution in [-0.2, 0) is 19.6 Å². The Labute approximate surface area is 200 Å². The van der Waals surface area contributed by atoms with Crippen molar-refractivity contribution in [3.8, 4) is 0 Å². The van der Waals surface area contributed by atoms with Crippen LogP contribution in [0.4, 0.5) is 4.39 Å². The van der Waals surface area contributed by atoms with Crippen molar-refractivity contribution in [2.24, 2.45) is 17.8 Å². The molecule has 1 saturated carbocycles. The van der Waals surface area contributed by atoms with E-state index >= 15 is 0 Å². The summed E-state index contributed by atoms with van der Waals surface area (Å²) in [5, 5.41) is 2.58. The molecule has 3 N–H and O–H groups in total. The van der Waals surface area contributed by atoms with Gasteiger partial charge in [0, 0.05) is 38.3 Å². The van der Waals surface area contributed by atoms with E-state index in [1.54, 1.807) is 0 Å². The number of carbonyl (C=O) groups is 2. The Hall–Kier alpha value is -1.01. The van der Waals surface area contributed by atoms with Gasteiger partial charge in [0.15, 0.2) is 0 Å². The summed E-state index contributed by atoms with van der Waals surface area (Å²) in [6.45, 7) is 3.05. The second-order valence-corrected chi connectivity index (χ2v) is 12.6. The van der Waals surface area contributed by atoms with Crippen LogP contribution in [0.5, 0.6) is 0 Å². The number of alkyl halides is 2. The number of hydrazine groups is 1. The van der Waals surface area contributed by atoms with Gasteiger partial charge in [-0.15, -0.1) is 16.4 Å². The summed E-state index contributed by atoms with van der Waals surface area (Å²) in [6, 6.07) is 0.246. The average Bonchev–Trinajstić information content (AvgIpc) is 3.33. The molecule has 8 atom stereocenters. The zero-order valence-corrected chi connectivity index (χ0v) is 20.7. The highest BCUT2D eigenvalue weighted by Gasteiger charge is 2.46. The summed E-state index contributed by atoms with van der Waals surface area (Å²) in [5.41, 5.74) is 2.24. The Morgan fingerprint density at radius 3 is 2.58 bits per heavy atom. The van der Waals surface area contributed by atoms with E-state index in [-0.39, 0.29) is 41.6 Å². The number of halogens is 2. The van der Waals surface area contributed by atoms with Gasteiger partial charge in [-0.05, 0) is 57.4 Å². The molecule has 5 unspecified atom stereocenters. The van der Waals surface area contributed by atoms with E-state index in [0.717, 1.165) is 38.9 Å². The summed E-state index contributed by atoms with van der Waals surface area (Å²) in [6.07, 6.45) is 2.45. The third-order valence-electron chi connectivity index (χ3n) is 7.94. The highest BCUT2D eigenvalue weighted by atomic mass is 35.5. The molecule has 2 bridgehead atoms. The molecule has 9 nitrogen and oxygen atoms in total. The van der Waals surface area contributed by atoms with E-state index in [1.165, 1.54) is 6.92 Å². The second kappa shape index (κ2) is 9.93. The lowest BCUT2D eigenvalue weighted by Gasteiger charge is -2.39. The molecule has 12 heteroatoms. The van der Waals surface area contributed by atoms with Crippen molar-refractivity contribution in [2.75, 3.05) is 26.0 Å². The molecule has 0 aromatic heterocycles. The zero-order chi connectivity index (χ0) is 23.9. The third-order valence-corrected chi connectivity index (χ3v) is 9.64. The lowest BCUT2D eigenvalue weighted by atomic mass is 9.76. The van der Waals surface area contributed by atoms with Gasteiger partial charge in [0.2, 0.25) is 21.8 Å². The number of likely N-dealkylation sites (N-methyl/N-ethyl adjacent to an activating group) is 1. The molecule has 33 heavy (non-hydrogen) atoms. The average molecular weight is 508 g/mol. The Morgan fingerprint density at radius 2 is 1.91 bits per heavy atom. The Morgan fingerprint density at radius 1 is 1.18 bits per heavy atom. The molecule has 3 aliphatic heterocycles. The van der Waals surface area contributed by atoms with Gasteiger partial charge in [0.25, 0.3) is 0 Å². The van der Waals surface area contributed by atoms with Crippen LogP contribution < -0.4 is 15.6 Å². The Kier molecular flexibility index (Phi) is 7.55. The molecular weight excluding hydrogens is 473 g/mol. The number of hydrogen-bond acceptors (Lipinski definition) is 6. The van der Waals surface area contributed by atoms with E-state index < -0.39 is 33.4 Å². The summed E-state index contributed by atoms with van der Waals surface area (Å²) in [7, 11) is -1.87. The van der Waals surface area contributed by atoms with E-state index in [9.17, 15) is 22.4 Å². The highest BCUT2D eigenvalue weighted by Crippen LogP contribution is 2.40. The van der Waals surface area contributed by atoms with Crippen LogP contribution in [0.3, 0.4) is 0 Å². The minimum atomic E-state index is -3.85. The van der Waals surface area contributed by atoms with E-state index in [4.69, 9.17) is 11.6 Å². The lowest BCUT2D eigenvalue weighted by Crippen LogP contribution is -2.54. The highest BCUT2D eigenvalue weighted by molar-refractivity contribution is 7.89. The lowest BCUT2D eigenvalue weighted by molar-refractivity contribution is -0.134. The van der Waals surface area contributed by atoms with Crippen molar-refractivity contribution in [2.45, 2.75) is 75.1 Å². The molecule has 1 aliphatic carbocycles. The first-order valence-electron chi connectivity index (χ1n) is 11.8. The van der Waals surface area contributed by atoms with Gasteiger partial charge in [-0.1, -0.05) is 0 Å². The first kappa shape index (κ1) is 25.1. The number of piperidine rings is 1. The number of hydrogen-bond donors (Lipinski definition) is 3. The number of carbonyl (C=O) groups excluding carboxylic acids is 2. The predicted octanol–water partition coefficient (Wildman–Crippen LogP) is 0.559. The van der Waals surface area contributed by atoms with Crippen LogP contribution in [0.15, 0.2) is 0 Å². The first-order valence-corrected chi connectivity index (χ1v) is 13.9. The third kappa shape index (κ3) is 5.47. The quantitative estimate of drug-likeness (QED) is 0.358. The summed E-state index contributed by atoms with van der Waals surface area (Å²) in [4.78, 5) is 30.9. The summed E-state index contributed by atoms with van der Waals surface area (Å²) in [5.74, 6) is -2.07. The van der Waals surface area contributed by atoms with Gasteiger partial charge < -0.3 is 4.90 Å². The van der Waals surface area contributed by atoms with E-state index in [0.29, 0.717) is 12.8 Å². The minimum absolute atomic E-state index is 0.0229. The number of nitrogens with one attached hydrogen (secondary N) is 3. The van der Waals surface area contributed by atoms with Crippen molar-refractivity contribution < 1.29 is 22.4 Å². The van der Waals surface area contributed by atoms with Gasteiger partial charge in [-0.25, -0.2) is 12.8 Å². The molecule has 0 aromatic rings. The molecule has 2 amide bonds. The SMILES string of the molecule is CC(=O)N1[C@H]2CC[C@@H](CS(=O)(=O)NNC(=O)C3CC(C4CN(C)CN4)CC(Cl)C3F)[C@@H]1CC2. The van der Waals surface area contributed by atoms with Crippen LogP contribution in [0.1, 0.15) is 45.4 Å². The molecule has 0 radical (unpaired) electrons. The fourth-order valence-electron chi connectivity index (χ4n) is 6.34. The maximum absolute atomic E-state index is 14.8. The molecule has 4 fully saturated rings. The molecule has 4 rings (SSSR count). The first-order chi connectivity index (χ1) is 15.6. The topological polar surface area (TPSA) is 111 Å². The fourth-order valence-corrected chi connectivity index (χ4v) is 8.04. The molecule has 3 saturated heterocycles. The van der Waals surface area contributed by atoms with Crippen LogP contribution in [-0.4, -0.2) is 85.7 Å². The van der Waals surface area contributed by atoms with Gasteiger partial charge in [0.1, 0.15) is 6.17 Å². The molecule has 4 aliphatic rings. The van der Waals surface area contributed by atoms with Crippen molar-refractivity contribution in [3.63, 3.8) is 0 Å². The second-order valence-electron chi connectivity index (χ2n) is 10.2. The van der Waals surface area contributed by atoms with Gasteiger partial charge in [-0.3, -0.25) is 25.2 Å². The number of nitrogens with zero attached hydrogens (tertiary/aromatic N) is 2. The fraction of sp³-hybridized carbons (Fsp3) is 0.905. The number of rotatable bonds is 6. The molecule has 0 aromatic carbocycles. The molecule has 3 heterocycles. The van der Waals surface area contributed by atoms with Gasteiger partial charge >= 0.3 is 0 Å². The van der Waals surface area contributed by atoms with Crippen molar-refractivity contribution in [3.05, 3.63) is 0 Å². The van der Waals surface area contributed by atoms with Crippen LogP contribution in [0.25, 0.3) is 0 Å². The van der Waals surface area contributed by atoms with Gasteiger partial charge in [-0.2, -0.15) is 0 Å². The normalized spacial score (nSPS) is 39.6. The zero-order valence-electron chi connectivity index (χ0n) is 19.2. The van der Waals surface area contributed by atoms with E-state index in [2.05, 4.69) is 20.5 Å². The molecule has 0 spiro atoms. The number of sulfonamides is 1. The summed E-state index contributed by atoms with van der Waals surface area (Å²) < 4.78 is 40.3. The van der Waals surface area contributed by atoms with Crippen molar-refractivity contribution in [1.82, 2.24) is 25.4 Å². The molecular formula is C21H35ClFN5O4S. The van der Waals surface area contributed by atoms with Crippen LogP contribution >= 0.6 is 11.6 Å². The Balaban J connectivity index is 1.33. The Bertz CT molecular complexity index is 864.